The maximum Gasteiger partial charge on any atom is 0.275 e. The third-order valence-corrected chi connectivity index (χ3v) is 9.07. The smallest absolute Gasteiger partial charge is 0.275 e. The van der Waals surface area contributed by atoms with Crippen LogP contribution in [-0.4, -0.2) is 58.4 Å². The van der Waals surface area contributed by atoms with Gasteiger partial charge in [-0.25, -0.2) is 17.8 Å². The average Bonchev–Trinajstić information content (AvgIpc) is 3.24. The van der Waals surface area contributed by atoms with Gasteiger partial charge in [0.25, 0.3) is 5.56 Å². The van der Waals surface area contributed by atoms with E-state index in [-0.39, 0.29) is 5.56 Å². The van der Waals surface area contributed by atoms with E-state index in [1.165, 1.54) is 21.0 Å². The van der Waals surface area contributed by atoms with Crippen LogP contribution in [0.4, 0.5) is 4.39 Å². The highest BCUT2D eigenvalue weighted by Crippen LogP contribution is 2.27. The van der Waals surface area contributed by atoms with Crippen LogP contribution in [0.3, 0.4) is 0 Å². The van der Waals surface area contributed by atoms with Crippen LogP contribution in [-0.2, 0) is 16.6 Å². The molecule has 0 unspecified atom stereocenters. The van der Waals surface area contributed by atoms with Crippen LogP contribution in [0.1, 0.15) is 16.8 Å². The average molecular weight is 514 g/mol. The Morgan fingerprint density at radius 2 is 1.77 bits per heavy atom. The molecule has 0 N–H and O–H groups in total. The Bertz CT molecular complexity index is 1570. The van der Waals surface area contributed by atoms with Crippen LogP contribution in [0.25, 0.3) is 15.5 Å². The summed E-state index contributed by atoms with van der Waals surface area (Å²) in [5.74, 6) is -0.409. The van der Waals surface area contributed by atoms with Crippen LogP contribution in [0, 0.1) is 19.7 Å². The van der Waals surface area contributed by atoms with Gasteiger partial charge in [-0.05, 0) is 37.6 Å². The molecule has 0 bridgehead atoms. The zero-order chi connectivity index (χ0) is 24.7. The van der Waals surface area contributed by atoms with E-state index in [1.54, 1.807) is 24.3 Å². The molecule has 2 aromatic carbocycles. The molecule has 1 aliphatic rings. The SMILES string of the molecule is Cc1ccc(S(=O)(=O)N2CCN(Cc3cc(=O)n4nc(-c5ccccc5F)sc4n3)CC2)c(C)c1. The fraction of sp³-hybridized carbons (Fsp3) is 0.292. The highest BCUT2D eigenvalue weighted by molar-refractivity contribution is 7.89. The molecule has 1 aliphatic heterocycles. The summed E-state index contributed by atoms with van der Waals surface area (Å²) < 4.78 is 43.1. The van der Waals surface area contributed by atoms with Crippen molar-refractivity contribution in [3.63, 3.8) is 0 Å². The zero-order valence-corrected chi connectivity index (χ0v) is 20.9. The summed E-state index contributed by atoms with van der Waals surface area (Å²) >= 11 is 1.15. The van der Waals surface area contributed by atoms with E-state index >= 15 is 0 Å². The van der Waals surface area contributed by atoms with Crippen LogP contribution in [0.2, 0.25) is 0 Å². The lowest BCUT2D eigenvalue weighted by molar-refractivity contribution is 0.180. The van der Waals surface area contributed by atoms with Crippen molar-refractivity contribution in [2.75, 3.05) is 26.2 Å². The van der Waals surface area contributed by atoms with Crippen molar-refractivity contribution < 1.29 is 12.8 Å². The number of sulfonamides is 1. The Labute approximate surface area is 206 Å². The van der Waals surface area contributed by atoms with E-state index in [1.807, 2.05) is 26.0 Å². The number of aryl methyl sites for hydroxylation is 2. The number of rotatable bonds is 5. The Hall–Kier alpha value is -2.99. The van der Waals surface area contributed by atoms with E-state index in [2.05, 4.69) is 15.0 Å². The molecule has 0 amide bonds. The normalized spacial score (nSPS) is 15.6. The van der Waals surface area contributed by atoms with Gasteiger partial charge in [0.1, 0.15) is 5.82 Å². The topological polar surface area (TPSA) is 87.9 Å². The molecule has 0 atom stereocenters. The molecule has 35 heavy (non-hydrogen) atoms. The van der Waals surface area contributed by atoms with E-state index in [0.29, 0.717) is 58.8 Å². The summed E-state index contributed by atoms with van der Waals surface area (Å²) in [4.78, 5) is 20.0. The first-order valence-corrected chi connectivity index (χ1v) is 13.4. The van der Waals surface area contributed by atoms with Crippen LogP contribution >= 0.6 is 11.3 Å². The molecule has 1 saturated heterocycles. The molecule has 8 nitrogen and oxygen atoms in total. The number of piperazine rings is 1. The number of aromatic nitrogens is 3. The molecular formula is C24H24FN5O3S2. The second kappa shape index (κ2) is 9.23. The summed E-state index contributed by atoms with van der Waals surface area (Å²) in [5, 5.41) is 4.63. The lowest BCUT2D eigenvalue weighted by Crippen LogP contribution is -2.48. The fourth-order valence-electron chi connectivity index (χ4n) is 4.27. The van der Waals surface area contributed by atoms with Crippen molar-refractivity contribution >= 4 is 26.3 Å². The molecule has 4 aromatic rings. The second-order valence-electron chi connectivity index (χ2n) is 8.62. The standard InChI is InChI=1S/C24H24FN5O3S2/c1-16-7-8-21(17(2)13-16)35(32,33)29-11-9-28(10-12-29)15-18-14-22(31)30-24(26-18)34-23(27-30)19-5-3-4-6-20(19)25/h3-8,13-14H,9-12,15H2,1-2H3. The largest absolute Gasteiger partial charge is 0.295 e. The maximum absolute atomic E-state index is 14.2. The third-order valence-electron chi connectivity index (χ3n) is 6.07. The number of nitrogens with zero attached hydrogens (tertiary/aromatic N) is 5. The third kappa shape index (κ3) is 4.64. The molecule has 0 spiro atoms. The Kier molecular flexibility index (Phi) is 6.26. The number of halogens is 1. The first-order valence-electron chi connectivity index (χ1n) is 11.2. The van der Waals surface area contributed by atoms with E-state index in [4.69, 9.17) is 0 Å². The number of hydrogen-bond donors (Lipinski definition) is 0. The lowest BCUT2D eigenvalue weighted by atomic mass is 10.2. The van der Waals surface area contributed by atoms with Gasteiger partial charge in [-0.2, -0.15) is 13.9 Å². The van der Waals surface area contributed by atoms with Gasteiger partial charge in [0.2, 0.25) is 15.0 Å². The predicted octanol–water partition coefficient (Wildman–Crippen LogP) is 3.08. The van der Waals surface area contributed by atoms with Gasteiger partial charge in [-0.15, -0.1) is 0 Å². The van der Waals surface area contributed by atoms with Gasteiger partial charge in [0, 0.05) is 44.4 Å². The molecule has 0 aliphatic carbocycles. The van der Waals surface area contributed by atoms with Crippen molar-refractivity contribution in [1.29, 1.82) is 0 Å². The van der Waals surface area contributed by atoms with Crippen molar-refractivity contribution in [2.45, 2.75) is 25.3 Å². The van der Waals surface area contributed by atoms with Crippen molar-refractivity contribution in [1.82, 2.24) is 23.8 Å². The van der Waals surface area contributed by atoms with Gasteiger partial charge < -0.3 is 0 Å². The van der Waals surface area contributed by atoms with Crippen LogP contribution in [0.5, 0.6) is 0 Å². The van der Waals surface area contributed by atoms with Gasteiger partial charge in [-0.3, -0.25) is 9.69 Å². The Morgan fingerprint density at radius 1 is 1.03 bits per heavy atom. The maximum atomic E-state index is 14.2. The molecule has 0 saturated carbocycles. The van der Waals surface area contributed by atoms with Gasteiger partial charge in [-0.1, -0.05) is 41.2 Å². The number of hydrogen-bond acceptors (Lipinski definition) is 7. The monoisotopic (exact) mass is 513 g/mol. The first-order chi connectivity index (χ1) is 16.7. The van der Waals surface area contributed by atoms with Gasteiger partial charge in [0.05, 0.1) is 10.6 Å². The lowest BCUT2D eigenvalue weighted by Gasteiger charge is -2.34. The Morgan fingerprint density at radius 3 is 2.49 bits per heavy atom. The van der Waals surface area contributed by atoms with Gasteiger partial charge >= 0.3 is 0 Å². The summed E-state index contributed by atoms with van der Waals surface area (Å²) in [7, 11) is -3.57. The summed E-state index contributed by atoms with van der Waals surface area (Å²) in [6, 6.07) is 13.1. The minimum absolute atomic E-state index is 0.324. The quantitative estimate of drug-likeness (QED) is 0.408. The summed E-state index contributed by atoms with van der Waals surface area (Å²) in [5.41, 5.74) is 2.33. The molecule has 1 fully saturated rings. The molecular weight excluding hydrogens is 489 g/mol. The minimum Gasteiger partial charge on any atom is -0.295 e. The molecule has 2 aromatic heterocycles. The number of benzene rings is 2. The summed E-state index contributed by atoms with van der Waals surface area (Å²) in [6.07, 6.45) is 0. The molecule has 3 heterocycles. The van der Waals surface area contributed by atoms with E-state index in [9.17, 15) is 17.6 Å². The second-order valence-corrected chi connectivity index (χ2v) is 11.5. The van der Waals surface area contributed by atoms with Crippen LogP contribution < -0.4 is 5.56 Å². The van der Waals surface area contributed by atoms with E-state index < -0.39 is 15.8 Å². The molecule has 0 radical (unpaired) electrons. The minimum atomic E-state index is -3.57. The van der Waals surface area contributed by atoms with Crippen molar-refractivity contribution in [3.05, 3.63) is 81.5 Å². The summed E-state index contributed by atoms with van der Waals surface area (Å²) in [6.45, 7) is 5.92. The van der Waals surface area contributed by atoms with Crippen LogP contribution in [0.15, 0.2) is 58.2 Å². The highest BCUT2D eigenvalue weighted by atomic mass is 32.2. The zero-order valence-electron chi connectivity index (χ0n) is 19.3. The molecule has 5 rings (SSSR count). The molecule has 11 heteroatoms. The predicted molar refractivity (Wildman–Crippen MR) is 132 cm³/mol. The van der Waals surface area contributed by atoms with Crippen molar-refractivity contribution in [2.24, 2.45) is 0 Å². The fourth-order valence-corrected chi connectivity index (χ4v) is 6.84. The van der Waals surface area contributed by atoms with Gasteiger partial charge in [0.15, 0.2) is 5.01 Å². The highest BCUT2D eigenvalue weighted by Gasteiger charge is 2.29. The molecule has 182 valence electrons. The van der Waals surface area contributed by atoms with Crippen molar-refractivity contribution in [3.8, 4) is 10.6 Å². The number of fused-ring (bicyclic) bond motifs is 1. The first kappa shape index (κ1) is 23.7. The van der Waals surface area contributed by atoms with E-state index in [0.717, 1.165) is 22.5 Å². The Balaban J connectivity index is 1.31.